The third kappa shape index (κ3) is 6.88. The van der Waals surface area contributed by atoms with Gasteiger partial charge in [0.2, 0.25) is 5.95 Å². The highest BCUT2D eigenvalue weighted by Gasteiger charge is 2.28. The van der Waals surface area contributed by atoms with Crippen LogP contribution in [0.15, 0.2) is 55.1 Å². The fraction of sp³-hybridized carbons (Fsp3) is 0.419. The highest BCUT2D eigenvalue weighted by Crippen LogP contribution is 2.35. The Morgan fingerprint density at radius 2 is 1.91 bits per heavy atom. The summed E-state index contributed by atoms with van der Waals surface area (Å²) in [6.45, 7) is 8.06. The molecule has 2 aromatic carbocycles. The molecule has 6 rings (SSSR count). The smallest absolute Gasteiger partial charge is 0.227 e. The highest BCUT2D eigenvalue weighted by atomic mass is 16.5. The third-order valence-corrected chi connectivity index (χ3v) is 7.96. The van der Waals surface area contributed by atoms with Crippen molar-refractivity contribution >= 4 is 17.3 Å². The summed E-state index contributed by atoms with van der Waals surface area (Å²) < 4.78 is 19.0. The van der Waals surface area contributed by atoms with E-state index in [4.69, 9.17) is 14.2 Å². The van der Waals surface area contributed by atoms with Crippen LogP contribution in [0.3, 0.4) is 0 Å². The SMILES string of the molecule is COc1cc(N2CCCC2CN2CCOCC2)ccc1Nc1ncc(-c2ccc(C#N)c(O[C@@H](C)Cn3cnnn3)c2)cn1. The molecule has 44 heavy (non-hydrogen) atoms. The minimum atomic E-state index is -0.258. The molecule has 2 aliphatic rings. The topological polar surface area (TPSA) is 139 Å². The van der Waals surface area contributed by atoms with Gasteiger partial charge in [0, 0.05) is 61.9 Å². The van der Waals surface area contributed by atoms with Gasteiger partial charge in [0.1, 0.15) is 30.0 Å². The summed E-state index contributed by atoms with van der Waals surface area (Å²) in [7, 11) is 1.68. The zero-order valence-corrected chi connectivity index (χ0v) is 25.0. The van der Waals surface area contributed by atoms with Crippen molar-refractivity contribution in [3.8, 4) is 28.7 Å². The van der Waals surface area contributed by atoms with E-state index < -0.39 is 0 Å². The lowest BCUT2D eigenvalue weighted by Crippen LogP contribution is -2.45. The maximum absolute atomic E-state index is 9.61. The predicted octanol–water partition coefficient (Wildman–Crippen LogP) is 3.52. The first-order chi connectivity index (χ1) is 21.6. The fourth-order valence-corrected chi connectivity index (χ4v) is 5.74. The quantitative estimate of drug-likeness (QED) is 0.271. The van der Waals surface area contributed by atoms with Crippen molar-refractivity contribution in [2.24, 2.45) is 0 Å². The van der Waals surface area contributed by atoms with Gasteiger partial charge in [-0.25, -0.2) is 14.6 Å². The summed E-state index contributed by atoms with van der Waals surface area (Å²) >= 11 is 0. The first-order valence-electron chi connectivity index (χ1n) is 14.9. The molecule has 1 N–H and O–H groups in total. The van der Waals surface area contributed by atoms with Crippen LogP contribution in [0, 0.1) is 11.3 Å². The molecule has 13 heteroatoms. The van der Waals surface area contributed by atoms with Crippen LogP contribution in [0.2, 0.25) is 0 Å². The molecule has 2 aromatic heterocycles. The Morgan fingerprint density at radius 3 is 2.66 bits per heavy atom. The van der Waals surface area contributed by atoms with Crippen molar-refractivity contribution in [3.05, 3.63) is 60.7 Å². The number of nitrogens with one attached hydrogen (secondary N) is 1. The van der Waals surface area contributed by atoms with Gasteiger partial charge >= 0.3 is 0 Å². The van der Waals surface area contributed by atoms with Gasteiger partial charge < -0.3 is 24.4 Å². The van der Waals surface area contributed by atoms with Crippen LogP contribution in [0.4, 0.5) is 17.3 Å². The van der Waals surface area contributed by atoms with Crippen LogP contribution in [0.25, 0.3) is 11.1 Å². The van der Waals surface area contributed by atoms with E-state index in [1.54, 1.807) is 30.3 Å². The van der Waals surface area contributed by atoms with Crippen molar-refractivity contribution < 1.29 is 14.2 Å². The Morgan fingerprint density at radius 1 is 1.07 bits per heavy atom. The number of tetrazole rings is 1. The van der Waals surface area contributed by atoms with Crippen LogP contribution < -0.4 is 19.7 Å². The summed E-state index contributed by atoms with van der Waals surface area (Å²) in [4.78, 5) is 14.1. The van der Waals surface area contributed by atoms with Crippen molar-refractivity contribution in [1.29, 1.82) is 5.26 Å². The van der Waals surface area contributed by atoms with Crippen molar-refractivity contribution in [3.63, 3.8) is 0 Å². The lowest BCUT2D eigenvalue weighted by molar-refractivity contribution is 0.0355. The molecule has 0 aliphatic carbocycles. The molecule has 4 aromatic rings. The maximum atomic E-state index is 9.61. The summed E-state index contributed by atoms with van der Waals surface area (Å²) in [6, 6.07) is 14.3. The van der Waals surface area contributed by atoms with Gasteiger partial charge in [-0.2, -0.15) is 5.26 Å². The minimum absolute atomic E-state index is 0.258. The predicted molar refractivity (Wildman–Crippen MR) is 164 cm³/mol. The summed E-state index contributed by atoms with van der Waals surface area (Å²) in [5, 5.41) is 24.1. The van der Waals surface area contributed by atoms with Crippen LogP contribution in [0.5, 0.6) is 11.5 Å². The first-order valence-corrected chi connectivity index (χ1v) is 14.9. The molecule has 0 amide bonds. The van der Waals surface area contributed by atoms with E-state index in [-0.39, 0.29) is 6.10 Å². The van der Waals surface area contributed by atoms with Gasteiger partial charge in [-0.1, -0.05) is 6.07 Å². The second kappa shape index (κ2) is 13.7. The number of benzene rings is 2. The maximum Gasteiger partial charge on any atom is 0.227 e. The van der Waals surface area contributed by atoms with E-state index >= 15 is 0 Å². The lowest BCUT2D eigenvalue weighted by atomic mass is 10.1. The standard InChI is InChI=1S/C31H36N10O3/c1-22(19-40-21-35-37-38-40)44-29-14-23(5-6-24(29)16-32)25-17-33-31(34-18-25)36-28-8-7-26(15-30(28)42-2)41-9-3-4-27(41)20-39-10-12-43-13-11-39/h5-8,14-15,17-18,21-22,27H,3-4,9-13,19-20H2,1-2H3,(H,33,34,36)/t22-,27?/m0/s1. The zero-order chi connectivity index (χ0) is 30.3. The third-order valence-electron chi connectivity index (χ3n) is 7.96. The van der Waals surface area contributed by atoms with E-state index in [0.717, 1.165) is 67.6 Å². The highest BCUT2D eigenvalue weighted by molar-refractivity contribution is 5.70. The van der Waals surface area contributed by atoms with Crippen molar-refractivity contribution in [2.45, 2.75) is 38.5 Å². The molecule has 1 unspecified atom stereocenters. The van der Waals surface area contributed by atoms with Gasteiger partial charge in [0.05, 0.1) is 38.1 Å². The van der Waals surface area contributed by atoms with Crippen LogP contribution in [-0.4, -0.2) is 93.7 Å². The zero-order valence-electron chi connectivity index (χ0n) is 25.0. The Hall–Kier alpha value is -4.80. The number of methoxy groups -OCH3 is 1. The molecule has 228 valence electrons. The molecule has 2 saturated heterocycles. The van der Waals surface area contributed by atoms with Gasteiger partial charge in [-0.05, 0) is 60.0 Å². The Bertz CT molecular complexity index is 1570. The second-order valence-corrected chi connectivity index (χ2v) is 11.0. The van der Waals surface area contributed by atoms with E-state index in [2.05, 4.69) is 58.8 Å². The summed E-state index contributed by atoms with van der Waals surface area (Å²) in [5.74, 6) is 1.66. The second-order valence-electron chi connectivity index (χ2n) is 11.0. The number of hydrogen-bond donors (Lipinski definition) is 1. The van der Waals surface area contributed by atoms with E-state index in [1.807, 2.05) is 25.1 Å². The lowest BCUT2D eigenvalue weighted by Gasteiger charge is -2.34. The number of ether oxygens (including phenoxy) is 3. The summed E-state index contributed by atoms with van der Waals surface area (Å²) in [5.41, 5.74) is 4.01. The van der Waals surface area contributed by atoms with Gasteiger partial charge in [-0.3, -0.25) is 4.90 Å². The number of hydrogen-bond acceptors (Lipinski definition) is 12. The molecular formula is C31H36N10O3. The van der Waals surface area contributed by atoms with E-state index in [1.165, 1.54) is 19.2 Å². The molecular weight excluding hydrogens is 560 g/mol. The van der Waals surface area contributed by atoms with Crippen molar-refractivity contribution in [2.75, 3.05) is 56.7 Å². The number of anilines is 3. The largest absolute Gasteiger partial charge is 0.494 e. The molecule has 13 nitrogen and oxygen atoms in total. The molecule has 2 atom stereocenters. The summed E-state index contributed by atoms with van der Waals surface area (Å²) in [6.07, 6.45) is 7.12. The number of nitrogens with zero attached hydrogens (tertiary/aromatic N) is 9. The average Bonchev–Trinajstić information content (AvgIpc) is 3.74. The van der Waals surface area contributed by atoms with Crippen molar-refractivity contribution in [1.82, 2.24) is 35.1 Å². The Kier molecular flexibility index (Phi) is 9.09. The normalized spacial score (nSPS) is 17.7. The van der Waals surface area contributed by atoms with Crippen LogP contribution in [0.1, 0.15) is 25.3 Å². The van der Waals surface area contributed by atoms with Gasteiger partial charge in [0.25, 0.3) is 0 Å². The van der Waals surface area contributed by atoms with Gasteiger partial charge in [0.15, 0.2) is 0 Å². The Labute approximate surface area is 256 Å². The molecule has 0 saturated carbocycles. The van der Waals surface area contributed by atoms with E-state index in [9.17, 15) is 5.26 Å². The molecule has 4 heterocycles. The first kappa shape index (κ1) is 29.3. The average molecular weight is 597 g/mol. The monoisotopic (exact) mass is 596 g/mol. The van der Waals surface area contributed by atoms with Crippen LogP contribution in [-0.2, 0) is 11.3 Å². The van der Waals surface area contributed by atoms with Gasteiger partial charge in [-0.15, -0.1) is 5.10 Å². The molecule has 2 fully saturated rings. The fourth-order valence-electron chi connectivity index (χ4n) is 5.74. The Balaban J connectivity index is 1.13. The molecule has 0 spiro atoms. The molecule has 2 aliphatic heterocycles. The molecule has 0 radical (unpaired) electrons. The number of nitriles is 1. The number of morpholine rings is 1. The number of rotatable bonds is 11. The minimum Gasteiger partial charge on any atom is -0.494 e. The van der Waals surface area contributed by atoms with Crippen LogP contribution >= 0.6 is 0 Å². The molecule has 0 bridgehead atoms. The number of aromatic nitrogens is 6. The van der Waals surface area contributed by atoms with E-state index in [0.29, 0.717) is 29.8 Å².